The first-order valence-electron chi connectivity index (χ1n) is 4.36. The number of ether oxygens (including phenoxy) is 1. The van der Waals surface area contributed by atoms with E-state index < -0.39 is 11.4 Å². The molecule has 5 nitrogen and oxygen atoms in total. The van der Waals surface area contributed by atoms with Crippen LogP contribution in [0.5, 0.6) is 0 Å². The van der Waals surface area contributed by atoms with Gasteiger partial charge in [-0.15, -0.1) is 0 Å². The standard InChI is InChI=1S/C10H9NO4/c1-14-5-6-3-2-4-7-8(6)11-10(13)15-9(7)12/h2-4H,5H2,1H3,(H,11,13). The number of aromatic nitrogens is 1. The number of fused-ring (bicyclic) bond motifs is 1. The molecule has 0 aliphatic carbocycles. The van der Waals surface area contributed by atoms with Crippen LogP contribution in [0.3, 0.4) is 0 Å². The number of hydrogen-bond donors (Lipinski definition) is 1. The molecule has 0 amide bonds. The zero-order chi connectivity index (χ0) is 10.8. The van der Waals surface area contributed by atoms with E-state index in [0.29, 0.717) is 17.5 Å². The lowest BCUT2D eigenvalue weighted by atomic mass is 10.1. The molecule has 0 aliphatic rings. The average Bonchev–Trinajstić information content (AvgIpc) is 2.19. The summed E-state index contributed by atoms with van der Waals surface area (Å²) in [5, 5.41) is 0.351. The molecular formula is C10H9NO4. The third kappa shape index (κ3) is 1.69. The van der Waals surface area contributed by atoms with Crippen LogP contribution in [0.4, 0.5) is 0 Å². The summed E-state index contributed by atoms with van der Waals surface area (Å²) in [6.45, 7) is 0.330. The van der Waals surface area contributed by atoms with Crippen LogP contribution in [0.2, 0.25) is 0 Å². The molecule has 1 aromatic carbocycles. The Bertz CT molecular complexity index is 596. The summed E-state index contributed by atoms with van der Waals surface area (Å²) >= 11 is 0. The summed E-state index contributed by atoms with van der Waals surface area (Å²) in [5.41, 5.74) is 0.590. The molecule has 0 unspecified atom stereocenters. The van der Waals surface area contributed by atoms with Gasteiger partial charge >= 0.3 is 11.4 Å². The van der Waals surface area contributed by atoms with Gasteiger partial charge in [0.2, 0.25) is 0 Å². The Hall–Kier alpha value is -1.88. The van der Waals surface area contributed by atoms with Gasteiger partial charge in [-0.1, -0.05) is 12.1 Å². The number of nitrogens with one attached hydrogen (secondary N) is 1. The Labute approximate surface area is 84.3 Å². The summed E-state index contributed by atoms with van der Waals surface area (Å²) < 4.78 is 9.38. The molecule has 0 fully saturated rings. The fourth-order valence-corrected chi connectivity index (χ4v) is 1.46. The van der Waals surface area contributed by atoms with Crippen molar-refractivity contribution in [3.63, 3.8) is 0 Å². The van der Waals surface area contributed by atoms with Gasteiger partial charge in [0.25, 0.3) is 0 Å². The normalized spacial score (nSPS) is 10.7. The Morgan fingerprint density at radius 3 is 2.93 bits per heavy atom. The lowest BCUT2D eigenvalue weighted by molar-refractivity contribution is 0.186. The highest BCUT2D eigenvalue weighted by Crippen LogP contribution is 2.12. The Balaban J connectivity index is 2.85. The van der Waals surface area contributed by atoms with Crippen molar-refractivity contribution in [1.82, 2.24) is 4.98 Å². The largest absolute Gasteiger partial charge is 0.419 e. The van der Waals surface area contributed by atoms with E-state index in [2.05, 4.69) is 9.40 Å². The van der Waals surface area contributed by atoms with Gasteiger partial charge in [-0.25, -0.2) is 9.59 Å². The third-order valence-electron chi connectivity index (χ3n) is 2.08. The predicted octanol–water partition coefficient (Wildman–Crippen LogP) is 0.628. The van der Waals surface area contributed by atoms with Gasteiger partial charge in [0.15, 0.2) is 0 Å². The molecule has 2 aromatic rings. The molecule has 1 aromatic heterocycles. The molecule has 2 rings (SSSR count). The maximum atomic E-state index is 11.3. The number of methoxy groups -OCH3 is 1. The average molecular weight is 207 g/mol. The van der Waals surface area contributed by atoms with Crippen LogP contribution in [0.1, 0.15) is 5.56 Å². The van der Waals surface area contributed by atoms with Gasteiger partial charge in [-0.3, -0.25) is 4.98 Å². The molecule has 15 heavy (non-hydrogen) atoms. The summed E-state index contributed by atoms with van der Waals surface area (Å²) in [5.74, 6) is -0.754. The van der Waals surface area contributed by atoms with Crippen molar-refractivity contribution >= 4 is 10.9 Å². The third-order valence-corrected chi connectivity index (χ3v) is 2.08. The van der Waals surface area contributed by atoms with E-state index in [-0.39, 0.29) is 0 Å². The quantitative estimate of drug-likeness (QED) is 0.783. The molecule has 0 bridgehead atoms. The van der Waals surface area contributed by atoms with Crippen LogP contribution in [0.25, 0.3) is 10.9 Å². The summed E-state index contributed by atoms with van der Waals surface area (Å²) in [6, 6.07) is 5.09. The van der Waals surface area contributed by atoms with E-state index in [1.165, 1.54) is 0 Å². The van der Waals surface area contributed by atoms with Gasteiger partial charge in [0, 0.05) is 12.7 Å². The second-order valence-electron chi connectivity index (χ2n) is 3.07. The van der Waals surface area contributed by atoms with Crippen LogP contribution < -0.4 is 11.4 Å². The highest BCUT2D eigenvalue weighted by molar-refractivity contribution is 5.80. The Morgan fingerprint density at radius 2 is 2.20 bits per heavy atom. The molecular weight excluding hydrogens is 198 g/mol. The van der Waals surface area contributed by atoms with E-state index >= 15 is 0 Å². The van der Waals surface area contributed by atoms with Crippen molar-refractivity contribution in [2.75, 3.05) is 7.11 Å². The minimum Gasteiger partial charge on any atom is -0.380 e. The number of hydrogen-bond acceptors (Lipinski definition) is 4. The second-order valence-corrected chi connectivity index (χ2v) is 3.07. The minimum atomic E-state index is -0.754. The van der Waals surface area contributed by atoms with Gasteiger partial charge in [0.05, 0.1) is 17.5 Å². The van der Waals surface area contributed by atoms with E-state index in [1.54, 1.807) is 25.3 Å². The summed E-state index contributed by atoms with van der Waals surface area (Å²) in [4.78, 5) is 24.8. The topological polar surface area (TPSA) is 72.3 Å². The monoisotopic (exact) mass is 207 g/mol. The number of aromatic amines is 1. The molecule has 0 aliphatic heterocycles. The first-order chi connectivity index (χ1) is 7.22. The number of H-pyrrole nitrogens is 1. The lowest BCUT2D eigenvalue weighted by Crippen LogP contribution is -2.15. The molecule has 1 heterocycles. The number of para-hydroxylation sites is 1. The molecule has 0 spiro atoms. The van der Waals surface area contributed by atoms with Crippen LogP contribution in [-0.4, -0.2) is 12.1 Å². The fourth-order valence-electron chi connectivity index (χ4n) is 1.46. The molecule has 1 N–H and O–H groups in total. The number of benzene rings is 1. The first-order valence-corrected chi connectivity index (χ1v) is 4.36. The lowest BCUT2D eigenvalue weighted by Gasteiger charge is -2.02. The zero-order valence-electron chi connectivity index (χ0n) is 8.07. The van der Waals surface area contributed by atoms with Crippen molar-refractivity contribution in [3.05, 3.63) is 44.7 Å². The molecule has 0 atom stereocenters. The summed E-state index contributed by atoms with van der Waals surface area (Å²) in [7, 11) is 1.54. The molecule has 0 saturated carbocycles. The predicted molar refractivity (Wildman–Crippen MR) is 53.8 cm³/mol. The van der Waals surface area contributed by atoms with Crippen LogP contribution >= 0.6 is 0 Å². The van der Waals surface area contributed by atoms with Crippen molar-refractivity contribution in [3.8, 4) is 0 Å². The van der Waals surface area contributed by atoms with Crippen LogP contribution in [-0.2, 0) is 11.3 Å². The molecule has 5 heteroatoms. The van der Waals surface area contributed by atoms with E-state index in [9.17, 15) is 9.59 Å². The van der Waals surface area contributed by atoms with Crippen molar-refractivity contribution < 1.29 is 9.15 Å². The maximum Gasteiger partial charge on any atom is 0.419 e. The fraction of sp³-hybridized carbons (Fsp3) is 0.200. The van der Waals surface area contributed by atoms with E-state index in [4.69, 9.17) is 4.74 Å². The van der Waals surface area contributed by atoms with E-state index in [1.807, 2.05) is 0 Å². The van der Waals surface area contributed by atoms with Gasteiger partial charge in [0.1, 0.15) is 0 Å². The van der Waals surface area contributed by atoms with Gasteiger partial charge < -0.3 is 9.15 Å². The Morgan fingerprint density at radius 1 is 1.40 bits per heavy atom. The second kappa shape index (κ2) is 3.70. The SMILES string of the molecule is COCc1cccc2c(=O)oc(=O)[nH]c12. The highest BCUT2D eigenvalue weighted by Gasteiger charge is 2.06. The first kappa shape index (κ1) is 9.67. The highest BCUT2D eigenvalue weighted by atomic mass is 16.5. The van der Waals surface area contributed by atoms with Gasteiger partial charge in [-0.05, 0) is 6.07 Å². The van der Waals surface area contributed by atoms with E-state index in [0.717, 1.165) is 5.56 Å². The number of rotatable bonds is 2. The molecule has 0 radical (unpaired) electrons. The molecule has 0 saturated heterocycles. The van der Waals surface area contributed by atoms with Crippen molar-refractivity contribution in [1.29, 1.82) is 0 Å². The summed E-state index contributed by atoms with van der Waals surface area (Å²) in [6.07, 6.45) is 0. The van der Waals surface area contributed by atoms with Crippen LogP contribution in [0.15, 0.2) is 32.2 Å². The molecule has 78 valence electrons. The zero-order valence-corrected chi connectivity index (χ0v) is 8.07. The smallest absolute Gasteiger partial charge is 0.380 e. The minimum absolute atomic E-state index is 0.330. The van der Waals surface area contributed by atoms with Gasteiger partial charge in [-0.2, -0.15) is 0 Å². The Kier molecular flexibility index (Phi) is 2.39. The van der Waals surface area contributed by atoms with Crippen LogP contribution in [0, 0.1) is 0 Å². The van der Waals surface area contributed by atoms with Crippen molar-refractivity contribution in [2.24, 2.45) is 0 Å². The van der Waals surface area contributed by atoms with Crippen molar-refractivity contribution in [2.45, 2.75) is 6.61 Å². The maximum absolute atomic E-state index is 11.3.